The van der Waals surface area contributed by atoms with E-state index in [9.17, 15) is 5.11 Å². The molecule has 0 aromatic rings. The highest BCUT2D eigenvalue weighted by atomic mass is 16.3. The van der Waals surface area contributed by atoms with Gasteiger partial charge in [-0.25, -0.2) is 0 Å². The number of hydrogen-bond donors (Lipinski definition) is 2. The third kappa shape index (κ3) is 4.07. The van der Waals surface area contributed by atoms with Crippen LogP contribution in [0.2, 0.25) is 0 Å². The Labute approximate surface area is 81.1 Å². The molecule has 1 aliphatic heterocycles. The number of nitrogens with one attached hydrogen (secondary N) is 1. The van der Waals surface area contributed by atoms with Gasteiger partial charge in [0.25, 0.3) is 0 Å². The fraction of sp³-hybridized carbons (Fsp3) is 1.00. The topological polar surface area (TPSA) is 35.5 Å². The first-order valence-electron chi connectivity index (χ1n) is 5.12. The highest BCUT2D eigenvalue weighted by Gasteiger charge is 2.21. The molecule has 0 spiro atoms. The molecule has 1 unspecified atom stereocenters. The van der Waals surface area contributed by atoms with E-state index in [-0.39, 0.29) is 0 Å². The maximum atomic E-state index is 9.48. The summed E-state index contributed by atoms with van der Waals surface area (Å²) >= 11 is 0. The summed E-state index contributed by atoms with van der Waals surface area (Å²) in [7, 11) is 2.17. The highest BCUT2D eigenvalue weighted by molar-refractivity contribution is 4.79. The Balaban J connectivity index is 2.12. The van der Waals surface area contributed by atoms with Gasteiger partial charge in [0.2, 0.25) is 0 Å². The molecule has 0 aromatic carbocycles. The molecule has 1 heterocycles. The lowest BCUT2D eigenvalue weighted by molar-refractivity contribution is 0.0781. The van der Waals surface area contributed by atoms with Gasteiger partial charge in [-0.15, -0.1) is 0 Å². The maximum Gasteiger partial charge on any atom is 0.0715 e. The zero-order chi connectivity index (χ0) is 9.90. The molecule has 1 saturated heterocycles. The second kappa shape index (κ2) is 4.40. The van der Waals surface area contributed by atoms with E-state index >= 15 is 0 Å². The fourth-order valence-electron chi connectivity index (χ4n) is 1.78. The molecular weight excluding hydrogens is 164 g/mol. The van der Waals surface area contributed by atoms with Gasteiger partial charge >= 0.3 is 0 Å². The van der Waals surface area contributed by atoms with Crippen LogP contribution in [0.25, 0.3) is 0 Å². The van der Waals surface area contributed by atoms with E-state index in [0.717, 1.165) is 6.54 Å². The van der Waals surface area contributed by atoms with Gasteiger partial charge in [0.15, 0.2) is 0 Å². The van der Waals surface area contributed by atoms with E-state index in [2.05, 4.69) is 17.3 Å². The minimum absolute atomic E-state index is 0.586. The molecule has 1 atom stereocenters. The summed E-state index contributed by atoms with van der Waals surface area (Å²) in [5.41, 5.74) is -0.586. The molecular formula is C10H22N2O. The minimum Gasteiger partial charge on any atom is -0.389 e. The molecule has 0 bridgehead atoms. The van der Waals surface area contributed by atoms with Gasteiger partial charge < -0.3 is 15.3 Å². The number of rotatable bonds is 4. The summed E-state index contributed by atoms with van der Waals surface area (Å²) in [5.74, 6) is 0. The van der Waals surface area contributed by atoms with E-state index in [4.69, 9.17) is 0 Å². The van der Waals surface area contributed by atoms with Crippen LogP contribution < -0.4 is 5.32 Å². The van der Waals surface area contributed by atoms with Crippen molar-refractivity contribution in [2.24, 2.45) is 0 Å². The van der Waals surface area contributed by atoms with Gasteiger partial charge in [-0.05, 0) is 40.3 Å². The van der Waals surface area contributed by atoms with Crippen molar-refractivity contribution in [2.75, 3.05) is 26.7 Å². The van der Waals surface area contributed by atoms with Crippen LogP contribution >= 0.6 is 0 Å². The molecule has 0 aliphatic carbocycles. The quantitative estimate of drug-likeness (QED) is 0.669. The van der Waals surface area contributed by atoms with Gasteiger partial charge in [-0.1, -0.05) is 0 Å². The molecule has 3 nitrogen and oxygen atoms in total. The number of likely N-dealkylation sites (tertiary alicyclic amines) is 1. The molecule has 3 heteroatoms. The lowest BCUT2D eigenvalue weighted by atomic mass is 10.1. The lowest BCUT2D eigenvalue weighted by Gasteiger charge is -2.23. The van der Waals surface area contributed by atoms with Crippen LogP contribution in [-0.4, -0.2) is 48.3 Å². The van der Waals surface area contributed by atoms with E-state index in [1.165, 1.54) is 19.4 Å². The monoisotopic (exact) mass is 186 g/mol. The number of nitrogens with zero attached hydrogens (tertiary/aromatic N) is 1. The zero-order valence-corrected chi connectivity index (χ0v) is 9.01. The van der Waals surface area contributed by atoms with Crippen molar-refractivity contribution in [3.05, 3.63) is 0 Å². The number of aliphatic hydroxyl groups is 1. The van der Waals surface area contributed by atoms with E-state index < -0.39 is 5.60 Å². The molecule has 1 aliphatic rings. The Morgan fingerprint density at radius 1 is 1.54 bits per heavy atom. The predicted molar refractivity (Wildman–Crippen MR) is 54.8 cm³/mol. The predicted octanol–water partition coefficient (Wildman–Crippen LogP) is 0.441. The fourth-order valence-corrected chi connectivity index (χ4v) is 1.78. The first kappa shape index (κ1) is 11.0. The number of hydrogen-bond acceptors (Lipinski definition) is 3. The molecule has 13 heavy (non-hydrogen) atoms. The minimum atomic E-state index is -0.586. The Morgan fingerprint density at radius 2 is 2.23 bits per heavy atom. The normalized spacial score (nSPS) is 25.4. The third-order valence-corrected chi connectivity index (χ3v) is 2.61. The third-order valence-electron chi connectivity index (χ3n) is 2.61. The van der Waals surface area contributed by atoms with Gasteiger partial charge in [0, 0.05) is 19.1 Å². The summed E-state index contributed by atoms with van der Waals surface area (Å²) in [5, 5.41) is 12.8. The van der Waals surface area contributed by atoms with E-state index in [1.807, 2.05) is 13.8 Å². The molecule has 2 N–H and O–H groups in total. The van der Waals surface area contributed by atoms with E-state index in [1.54, 1.807) is 0 Å². The van der Waals surface area contributed by atoms with Crippen LogP contribution in [0.1, 0.15) is 26.7 Å². The van der Waals surface area contributed by atoms with Gasteiger partial charge in [0.05, 0.1) is 5.60 Å². The van der Waals surface area contributed by atoms with Crippen LogP contribution in [0.4, 0.5) is 0 Å². The molecule has 1 rings (SSSR count). The first-order valence-corrected chi connectivity index (χ1v) is 5.12. The van der Waals surface area contributed by atoms with E-state index in [0.29, 0.717) is 12.6 Å². The van der Waals surface area contributed by atoms with Gasteiger partial charge in [-0.2, -0.15) is 0 Å². The smallest absolute Gasteiger partial charge is 0.0715 e. The molecule has 0 aromatic heterocycles. The van der Waals surface area contributed by atoms with Gasteiger partial charge in [-0.3, -0.25) is 0 Å². The Bertz CT molecular complexity index is 153. The van der Waals surface area contributed by atoms with Crippen LogP contribution in [0.15, 0.2) is 0 Å². The maximum absolute atomic E-state index is 9.48. The Kier molecular flexibility index (Phi) is 3.71. The van der Waals surface area contributed by atoms with Crippen LogP contribution in [0, 0.1) is 0 Å². The summed E-state index contributed by atoms with van der Waals surface area (Å²) in [4.78, 5) is 2.39. The van der Waals surface area contributed by atoms with Crippen LogP contribution in [0.5, 0.6) is 0 Å². The molecule has 0 radical (unpaired) electrons. The van der Waals surface area contributed by atoms with Crippen molar-refractivity contribution in [1.29, 1.82) is 0 Å². The van der Waals surface area contributed by atoms with Crippen molar-refractivity contribution in [3.63, 3.8) is 0 Å². The highest BCUT2D eigenvalue weighted by Crippen LogP contribution is 2.13. The SMILES string of the molecule is CN1CCCC1CNCC(C)(C)O. The largest absolute Gasteiger partial charge is 0.389 e. The molecule has 78 valence electrons. The summed E-state index contributed by atoms with van der Waals surface area (Å²) in [6, 6.07) is 0.669. The number of likely N-dealkylation sites (N-methyl/N-ethyl adjacent to an activating group) is 1. The van der Waals surface area contributed by atoms with Crippen LogP contribution in [-0.2, 0) is 0 Å². The van der Waals surface area contributed by atoms with Crippen LogP contribution in [0.3, 0.4) is 0 Å². The summed E-state index contributed by atoms with van der Waals surface area (Å²) in [6.07, 6.45) is 2.60. The molecule has 0 saturated carbocycles. The van der Waals surface area contributed by atoms with Crippen molar-refractivity contribution in [3.8, 4) is 0 Å². The van der Waals surface area contributed by atoms with Crippen molar-refractivity contribution >= 4 is 0 Å². The van der Waals surface area contributed by atoms with Crippen molar-refractivity contribution in [1.82, 2.24) is 10.2 Å². The molecule has 1 fully saturated rings. The Morgan fingerprint density at radius 3 is 2.69 bits per heavy atom. The Hall–Kier alpha value is -0.120. The first-order chi connectivity index (χ1) is 5.99. The summed E-state index contributed by atoms with van der Waals surface area (Å²) < 4.78 is 0. The van der Waals surface area contributed by atoms with Crippen molar-refractivity contribution < 1.29 is 5.11 Å². The standard InChI is InChI=1S/C10H22N2O/c1-10(2,13)8-11-7-9-5-4-6-12(9)3/h9,11,13H,4-8H2,1-3H3. The average Bonchev–Trinajstić information content (AvgIpc) is 2.34. The zero-order valence-electron chi connectivity index (χ0n) is 9.01. The van der Waals surface area contributed by atoms with Gasteiger partial charge in [0.1, 0.15) is 0 Å². The second-order valence-corrected chi connectivity index (χ2v) is 4.72. The molecule has 0 amide bonds. The summed E-state index contributed by atoms with van der Waals surface area (Å²) in [6.45, 7) is 6.56. The average molecular weight is 186 g/mol. The lowest BCUT2D eigenvalue weighted by Crippen LogP contribution is -2.41. The second-order valence-electron chi connectivity index (χ2n) is 4.72. The van der Waals surface area contributed by atoms with Crippen molar-refractivity contribution in [2.45, 2.75) is 38.3 Å².